The molecule has 2 nitrogen and oxygen atoms in total. The van der Waals surface area contributed by atoms with E-state index in [1.165, 1.54) is 0 Å². The van der Waals surface area contributed by atoms with E-state index in [2.05, 4.69) is 6.92 Å². The molecule has 0 aliphatic rings. The first-order valence-corrected chi connectivity index (χ1v) is 5.29. The highest BCUT2D eigenvalue weighted by atomic mass is 35.5. The van der Waals surface area contributed by atoms with Gasteiger partial charge in [-0.3, -0.25) is 4.79 Å². The number of hydrogen-bond donors (Lipinski definition) is 0. The van der Waals surface area contributed by atoms with E-state index in [0.717, 1.165) is 17.4 Å². The quantitative estimate of drug-likeness (QED) is 0.726. The molecule has 3 heteroatoms. The molecule has 0 aliphatic carbocycles. The number of nitrogens with zero attached hydrogens (tertiary/aromatic N) is 1. The van der Waals surface area contributed by atoms with Crippen LogP contribution in [0.15, 0.2) is 29.2 Å². The number of fused-ring (bicyclic) bond motifs is 1. The van der Waals surface area contributed by atoms with Crippen LogP contribution in [-0.2, 0) is 13.5 Å². The van der Waals surface area contributed by atoms with Crippen molar-refractivity contribution in [2.45, 2.75) is 13.3 Å². The van der Waals surface area contributed by atoms with Crippen molar-refractivity contribution in [3.63, 3.8) is 0 Å². The second-order valence-corrected chi connectivity index (χ2v) is 3.99. The van der Waals surface area contributed by atoms with Crippen LogP contribution in [0.4, 0.5) is 0 Å². The van der Waals surface area contributed by atoms with E-state index in [1.54, 1.807) is 17.7 Å². The monoisotopic (exact) mass is 221 g/mol. The van der Waals surface area contributed by atoms with Crippen LogP contribution in [0.5, 0.6) is 0 Å². The average Bonchev–Trinajstić information content (AvgIpc) is 2.23. The van der Waals surface area contributed by atoms with Crippen molar-refractivity contribution in [1.82, 2.24) is 4.57 Å². The number of hydrogen-bond acceptors (Lipinski definition) is 1. The molecule has 2 aromatic rings. The summed E-state index contributed by atoms with van der Waals surface area (Å²) in [4.78, 5) is 11.9. The third kappa shape index (κ3) is 1.55. The zero-order valence-electron chi connectivity index (χ0n) is 8.75. The van der Waals surface area contributed by atoms with Gasteiger partial charge < -0.3 is 4.57 Å². The van der Waals surface area contributed by atoms with Gasteiger partial charge in [0.05, 0.1) is 10.4 Å². The summed E-state index contributed by atoms with van der Waals surface area (Å²) < 4.78 is 1.59. The van der Waals surface area contributed by atoms with Crippen molar-refractivity contribution in [3.8, 4) is 0 Å². The normalized spacial score (nSPS) is 10.9. The van der Waals surface area contributed by atoms with Crippen LogP contribution in [0.1, 0.15) is 12.5 Å². The van der Waals surface area contributed by atoms with Crippen molar-refractivity contribution < 1.29 is 0 Å². The summed E-state index contributed by atoms with van der Waals surface area (Å²) in [5.74, 6) is 0. The smallest absolute Gasteiger partial charge is 0.259 e. The first kappa shape index (κ1) is 10.2. The summed E-state index contributed by atoms with van der Waals surface area (Å²) >= 11 is 6.05. The molecule has 2 rings (SSSR count). The molecule has 1 aromatic carbocycles. The average molecular weight is 222 g/mol. The fourth-order valence-corrected chi connectivity index (χ4v) is 2.08. The number of benzene rings is 1. The number of aromatic nitrogens is 1. The molecule has 0 saturated carbocycles. The summed E-state index contributed by atoms with van der Waals surface area (Å²) in [6, 6.07) is 5.58. The van der Waals surface area contributed by atoms with Gasteiger partial charge in [0.2, 0.25) is 0 Å². The molecule has 0 saturated heterocycles. The van der Waals surface area contributed by atoms with Crippen LogP contribution in [0.3, 0.4) is 0 Å². The summed E-state index contributed by atoms with van der Waals surface area (Å²) in [5, 5.41) is 2.12. The minimum atomic E-state index is -0.0344. The van der Waals surface area contributed by atoms with E-state index in [9.17, 15) is 4.79 Å². The number of halogens is 1. The number of rotatable bonds is 1. The van der Waals surface area contributed by atoms with Gasteiger partial charge in [-0.15, -0.1) is 0 Å². The van der Waals surface area contributed by atoms with E-state index >= 15 is 0 Å². The van der Waals surface area contributed by atoms with Crippen molar-refractivity contribution in [3.05, 3.63) is 45.3 Å². The van der Waals surface area contributed by atoms with Gasteiger partial charge >= 0.3 is 0 Å². The largest absolute Gasteiger partial charge is 0.318 e. The third-order valence-electron chi connectivity index (χ3n) is 2.62. The molecule has 1 heterocycles. The van der Waals surface area contributed by atoms with Gasteiger partial charge in [-0.1, -0.05) is 30.7 Å². The molecular weight excluding hydrogens is 210 g/mol. The van der Waals surface area contributed by atoms with Crippen LogP contribution in [0, 0.1) is 0 Å². The molecule has 0 aliphatic heterocycles. The van der Waals surface area contributed by atoms with Gasteiger partial charge in [-0.2, -0.15) is 0 Å². The van der Waals surface area contributed by atoms with E-state index in [4.69, 9.17) is 11.6 Å². The lowest BCUT2D eigenvalue weighted by Gasteiger charge is -2.08. The van der Waals surface area contributed by atoms with Crippen molar-refractivity contribution in [1.29, 1.82) is 0 Å². The first-order chi connectivity index (χ1) is 7.15. The van der Waals surface area contributed by atoms with E-state index in [-0.39, 0.29) is 5.56 Å². The molecule has 0 spiro atoms. The van der Waals surface area contributed by atoms with Crippen LogP contribution in [-0.4, -0.2) is 4.57 Å². The van der Waals surface area contributed by atoms with E-state index < -0.39 is 0 Å². The highest BCUT2D eigenvalue weighted by Gasteiger charge is 2.08. The molecule has 0 radical (unpaired) electrons. The number of aryl methyl sites for hydroxylation is 2. The second kappa shape index (κ2) is 3.70. The second-order valence-electron chi connectivity index (χ2n) is 3.59. The van der Waals surface area contributed by atoms with Crippen LogP contribution < -0.4 is 5.56 Å². The lowest BCUT2D eigenvalue weighted by molar-refractivity contribution is 0.857. The molecule has 78 valence electrons. The maximum absolute atomic E-state index is 11.9. The Bertz CT molecular complexity index is 572. The summed E-state index contributed by atoms with van der Waals surface area (Å²) in [6.07, 6.45) is 2.77. The standard InChI is InChI=1S/C12H12ClNO/c1-3-8-7-14(2)12(15)11-9(8)5-4-6-10(11)13/h4-7H,3H2,1-2H3. The Morgan fingerprint density at radius 2 is 2.13 bits per heavy atom. The van der Waals surface area contributed by atoms with Gasteiger partial charge in [0.25, 0.3) is 5.56 Å². The minimum absolute atomic E-state index is 0.0344. The molecule has 0 bridgehead atoms. The molecule has 0 fully saturated rings. The van der Waals surface area contributed by atoms with Gasteiger partial charge in [-0.25, -0.2) is 0 Å². The Kier molecular flexibility index (Phi) is 2.53. The van der Waals surface area contributed by atoms with Crippen molar-refractivity contribution in [2.75, 3.05) is 0 Å². The lowest BCUT2D eigenvalue weighted by atomic mass is 10.1. The zero-order chi connectivity index (χ0) is 11.0. The molecule has 0 amide bonds. The maximum Gasteiger partial charge on any atom is 0.259 e. The van der Waals surface area contributed by atoms with Gasteiger partial charge in [0.1, 0.15) is 0 Å². The highest BCUT2D eigenvalue weighted by molar-refractivity contribution is 6.35. The summed E-state index contributed by atoms with van der Waals surface area (Å²) in [6.45, 7) is 2.07. The van der Waals surface area contributed by atoms with E-state index in [1.807, 2.05) is 18.3 Å². The van der Waals surface area contributed by atoms with Crippen LogP contribution in [0.2, 0.25) is 5.02 Å². The van der Waals surface area contributed by atoms with Gasteiger partial charge in [-0.05, 0) is 23.4 Å². The van der Waals surface area contributed by atoms with Crippen LogP contribution >= 0.6 is 11.6 Å². The third-order valence-corrected chi connectivity index (χ3v) is 2.94. The van der Waals surface area contributed by atoms with E-state index in [0.29, 0.717) is 10.4 Å². The Balaban J connectivity index is 3.03. The first-order valence-electron chi connectivity index (χ1n) is 4.92. The Hall–Kier alpha value is -1.28. The highest BCUT2D eigenvalue weighted by Crippen LogP contribution is 2.22. The van der Waals surface area contributed by atoms with Crippen molar-refractivity contribution in [2.24, 2.45) is 7.05 Å². The Morgan fingerprint density at radius 1 is 1.40 bits per heavy atom. The number of pyridine rings is 1. The molecular formula is C12H12ClNO. The predicted octanol–water partition coefficient (Wildman–Crippen LogP) is 2.75. The topological polar surface area (TPSA) is 22.0 Å². The molecule has 1 aromatic heterocycles. The zero-order valence-corrected chi connectivity index (χ0v) is 9.51. The fourth-order valence-electron chi connectivity index (χ4n) is 1.83. The molecule has 15 heavy (non-hydrogen) atoms. The lowest BCUT2D eigenvalue weighted by Crippen LogP contribution is -2.17. The summed E-state index contributed by atoms with van der Waals surface area (Å²) in [7, 11) is 1.75. The Morgan fingerprint density at radius 3 is 2.80 bits per heavy atom. The molecule has 0 atom stereocenters. The molecule has 0 N–H and O–H groups in total. The van der Waals surface area contributed by atoms with Gasteiger partial charge in [0, 0.05) is 13.2 Å². The van der Waals surface area contributed by atoms with Crippen molar-refractivity contribution >= 4 is 22.4 Å². The SMILES string of the molecule is CCc1cn(C)c(=O)c2c(Cl)cccc12. The fraction of sp³-hybridized carbons (Fsp3) is 0.250. The van der Waals surface area contributed by atoms with Gasteiger partial charge in [0.15, 0.2) is 0 Å². The van der Waals surface area contributed by atoms with Crippen LogP contribution in [0.25, 0.3) is 10.8 Å². The minimum Gasteiger partial charge on any atom is -0.318 e. The molecule has 0 unspecified atom stereocenters. The predicted molar refractivity (Wildman–Crippen MR) is 63.6 cm³/mol. The Labute approximate surface area is 93.1 Å². The summed E-state index contributed by atoms with van der Waals surface area (Å²) in [5.41, 5.74) is 1.11. The maximum atomic E-state index is 11.9.